The summed E-state index contributed by atoms with van der Waals surface area (Å²) in [5.41, 5.74) is 3.07. The minimum atomic E-state index is -0.318. The van der Waals surface area contributed by atoms with Crippen LogP contribution in [0.15, 0.2) is 47.3 Å². The third-order valence-corrected chi connectivity index (χ3v) is 4.75. The highest BCUT2D eigenvalue weighted by atomic mass is 32.1. The molecule has 3 rings (SSSR count). The van der Waals surface area contributed by atoms with Gasteiger partial charge in [-0.2, -0.15) is 16.4 Å². The van der Waals surface area contributed by atoms with E-state index >= 15 is 0 Å². The monoisotopic (exact) mass is 385 g/mol. The maximum Gasteiger partial charge on any atom is 0.255 e. The summed E-state index contributed by atoms with van der Waals surface area (Å²) >= 11 is 1.57. The number of ether oxygens (including phenoxy) is 2. The van der Waals surface area contributed by atoms with Crippen LogP contribution in [0.25, 0.3) is 11.3 Å². The number of benzene rings is 1. The highest BCUT2D eigenvalue weighted by molar-refractivity contribution is 7.08. The van der Waals surface area contributed by atoms with Gasteiger partial charge in [0.25, 0.3) is 5.91 Å². The predicted octanol–water partition coefficient (Wildman–Crippen LogP) is 4.04. The van der Waals surface area contributed by atoms with E-state index in [-0.39, 0.29) is 18.1 Å². The van der Waals surface area contributed by atoms with Crippen molar-refractivity contribution in [3.63, 3.8) is 0 Å². The molecule has 3 aromatic rings. The van der Waals surface area contributed by atoms with E-state index in [0.29, 0.717) is 17.8 Å². The molecule has 142 valence electrons. The number of carbonyl (C=O) groups is 1. The molecule has 6 nitrogen and oxygen atoms in total. The number of nitrogens with one attached hydrogen (secondary N) is 2. The fourth-order valence-electron chi connectivity index (χ4n) is 2.86. The fourth-order valence-corrected chi connectivity index (χ4v) is 3.50. The number of aromatic amines is 1. The summed E-state index contributed by atoms with van der Waals surface area (Å²) < 4.78 is 11.5. The van der Waals surface area contributed by atoms with Gasteiger partial charge in [-0.15, -0.1) is 0 Å². The molecule has 0 aliphatic rings. The number of thiophene rings is 1. The highest BCUT2D eigenvalue weighted by Crippen LogP contribution is 2.28. The summed E-state index contributed by atoms with van der Waals surface area (Å²) in [6, 6.07) is 9.63. The smallest absolute Gasteiger partial charge is 0.255 e. The summed E-state index contributed by atoms with van der Waals surface area (Å²) in [6.45, 7) is 4.26. The molecular formula is C20H23N3O3S. The zero-order chi connectivity index (χ0) is 19.2. The molecule has 1 aromatic carbocycles. The Morgan fingerprint density at radius 2 is 2.11 bits per heavy atom. The van der Waals surface area contributed by atoms with Gasteiger partial charge in [0.1, 0.15) is 11.9 Å². The number of methoxy groups -OCH3 is 1. The molecule has 0 radical (unpaired) electrons. The molecule has 0 spiro atoms. The second-order valence-electron chi connectivity index (χ2n) is 6.30. The van der Waals surface area contributed by atoms with Gasteiger partial charge in [0, 0.05) is 23.1 Å². The van der Waals surface area contributed by atoms with Crippen molar-refractivity contribution in [2.24, 2.45) is 0 Å². The van der Waals surface area contributed by atoms with Crippen LogP contribution in [0.1, 0.15) is 35.9 Å². The van der Waals surface area contributed by atoms with Crippen LogP contribution >= 0.6 is 11.3 Å². The van der Waals surface area contributed by atoms with Crippen molar-refractivity contribution in [3.8, 4) is 17.0 Å². The molecule has 0 aliphatic carbocycles. The second kappa shape index (κ2) is 8.83. The number of nitrogens with zero attached hydrogens (tertiary/aromatic N) is 1. The van der Waals surface area contributed by atoms with Gasteiger partial charge < -0.3 is 14.8 Å². The lowest BCUT2D eigenvalue weighted by molar-refractivity contribution is 0.00612. The van der Waals surface area contributed by atoms with Crippen molar-refractivity contribution in [1.29, 1.82) is 0 Å². The van der Waals surface area contributed by atoms with Crippen LogP contribution in [0.4, 0.5) is 0 Å². The van der Waals surface area contributed by atoms with Crippen molar-refractivity contribution < 1.29 is 14.3 Å². The van der Waals surface area contributed by atoms with E-state index in [4.69, 9.17) is 9.47 Å². The zero-order valence-electron chi connectivity index (χ0n) is 15.6. The Balaban J connectivity index is 1.76. The quantitative estimate of drug-likeness (QED) is 0.613. The molecule has 27 heavy (non-hydrogen) atoms. The van der Waals surface area contributed by atoms with Gasteiger partial charge in [0.15, 0.2) is 0 Å². The Morgan fingerprint density at radius 3 is 2.81 bits per heavy atom. The van der Waals surface area contributed by atoms with Crippen molar-refractivity contribution >= 4 is 17.2 Å². The topological polar surface area (TPSA) is 76.2 Å². The Morgan fingerprint density at radius 1 is 1.30 bits per heavy atom. The Bertz CT molecular complexity index is 874. The molecule has 2 aromatic heterocycles. The molecule has 0 aliphatic heterocycles. The molecule has 0 saturated heterocycles. The molecule has 2 heterocycles. The summed E-state index contributed by atoms with van der Waals surface area (Å²) in [7, 11) is 1.63. The van der Waals surface area contributed by atoms with Crippen LogP contribution in [-0.4, -0.2) is 35.9 Å². The van der Waals surface area contributed by atoms with Crippen LogP contribution in [0.3, 0.4) is 0 Å². The minimum absolute atomic E-state index is 0.00658. The van der Waals surface area contributed by atoms with Gasteiger partial charge in [-0.3, -0.25) is 9.89 Å². The van der Waals surface area contributed by atoms with Crippen molar-refractivity contribution in [2.75, 3.05) is 13.7 Å². The molecule has 0 fully saturated rings. The number of amides is 1. The first-order valence-electron chi connectivity index (χ1n) is 8.72. The summed E-state index contributed by atoms with van der Waals surface area (Å²) in [5.74, 6) is 0.539. The van der Waals surface area contributed by atoms with E-state index in [9.17, 15) is 4.79 Å². The van der Waals surface area contributed by atoms with E-state index in [1.807, 2.05) is 54.9 Å². The first-order chi connectivity index (χ1) is 13.1. The summed E-state index contributed by atoms with van der Waals surface area (Å²) in [4.78, 5) is 12.7. The largest absolute Gasteiger partial charge is 0.496 e. The third-order valence-electron chi connectivity index (χ3n) is 4.06. The van der Waals surface area contributed by atoms with Crippen LogP contribution in [-0.2, 0) is 4.74 Å². The van der Waals surface area contributed by atoms with E-state index in [1.54, 1.807) is 24.6 Å². The molecule has 2 N–H and O–H groups in total. The molecule has 1 amide bonds. The second-order valence-corrected chi connectivity index (χ2v) is 7.08. The van der Waals surface area contributed by atoms with Gasteiger partial charge >= 0.3 is 0 Å². The lowest BCUT2D eigenvalue weighted by atomic mass is 10.1. The van der Waals surface area contributed by atoms with Crippen molar-refractivity contribution in [1.82, 2.24) is 15.5 Å². The summed E-state index contributed by atoms with van der Waals surface area (Å²) in [6.07, 6.45) is 1.23. The number of aromatic nitrogens is 2. The van der Waals surface area contributed by atoms with E-state index in [1.165, 1.54) is 0 Å². The highest BCUT2D eigenvalue weighted by Gasteiger charge is 2.21. The maximum atomic E-state index is 12.7. The molecule has 1 unspecified atom stereocenters. The number of H-pyrrole nitrogens is 1. The van der Waals surface area contributed by atoms with Crippen LogP contribution in [0.5, 0.6) is 5.75 Å². The maximum absolute atomic E-state index is 12.7. The standard InChI is InChI=1S/C20H23N3O3S/c1-13(2)26-18(15-6-4-5-7-17(15)25-3)11-21-20(24)16-10-22-23-19(16)14-8-9-27-12-14/h4-10,12-13,18H,11H2,1-3H3,(H,21,24)(H,22,23). The van der Waals surface area contributed by atoms with Crippen LogP contribution in [0, 0.1) is 0 Å². The molecule has 0 bridgehead atoms. The number of rotatable bonds is 8. The zero-order valence-corrected chi connectivity index (χ0v) is 16.4. The number of carbonyl (C=O) groups excluding carboxylic acids is 1. The first kappa shape index (κ1) is 19.1. The average Bonchev–Trinajstić information content (AvgIpc) is 3.35. The van der Waals surface area contributed by atoms with Gasteiger partial charge in [0.2, 0.25) is 0 Å². The minimum Gasteiger partial charge on any atom is -0.496 e. The molecule has 0 saturated carbocycles. The van der Waals surface area contributed by atoms with E-state index < -0.39 is 0 Å². The van der Waals surface area contributed by atoms with Crippen LogP contribution in [0.2, 0.25) is 0 Å². The SMILES string of the molecule is COc1ccccc1C(CNC(=O)c1cn[nH]c1-c1ccsc1)OC(C)C. The Kier molecular flexibility index (Phi) is 6.26. The normalized spacial score (nSPS) is 12.1. The Labute approximate surface area is 162 Å². The molecule has 1 atom stereocenters. The molecule has 7 heteroatoms. The Hall–Kier alpha value is -2.64. The van der Waals surface area contributed by atoms with Gasteiger partial charge in [0.05, 0.1) is 30.7 Å². The average molecular weight is 385 g/mol. The van der Waals surface area contributed by atoms with Crippen LogP contribution < -0.4 is 10.1 Å². The number of hydrogen-bond donors (Lipinski definition) is 2. The first-order valence-corrected chi connectivity index (χ1v) is 9.67. The van der Waals surface area contributed by atoms with Crippen molar-refractivity contribution in [2.45, 2.75) is 26.1 Å². The number of para-hydroxylation sites is 1. The third kappa shape index (κ3) is 4.56. The predicted molar refractivity (Wildman–Crippen MR) is 106 cm³/mol. The van der Waals surface area contributed by atoms with Gasteiger partial charge in [-0.1, -0.05) is 18.2 Å². The lowest BCUT2D eigenvalue weighted by Crippen LogP contribution is -2.30. The molecular weight excluding hydrogens is 362 g/mol. The lowest BCUT2D eigenvalue weighted by Gasteiger charge is -2.23. The van der Waals surface area contributed by atoms with E-state index in [2.05, 4.69) is 15.5 Å². The van der Waals surface area contributed by atoms with E-state index in [0.717, 1.165) is 16.9 Å². The fraction of sp³-hybridized carbons (Fsp3) is 0.300. The van der Waals surface area contributed by atoms with Gasteiger partial charge in [-0.25, -0.2) is 0 Å². The van der Waals surface area contributed by atoms with Gasteiger partial charge in [-0.05, 0) is 31.4 Å². The number of hydrogen-bond acceptors (Lipinski definition) is 5. The van der Waals surface area contributed by atoms with Crippen molar-refractivity contribution in [3.05, 3.63) is 58.4 Å². The summed E-state index contributed by atoms with van der Waals surface area (Å²) in [5, 5.41) is 13.8.